The van der Waals surface area contributed by atoms with Crippen LogP contribution in [0.2, 0.25) is 0 Å². The largest absolute Gasteiger partial charge is 0.460 e. The molecule has 1 aliphatic rings. The number of hydrogen-bond donors (Lipinski definition) is 1. The summed E-state index contributed by atoms with van der Waals surface area (Å²) in [5.74, 6) is 0.417. The number of amides is 1. The van der Waals surface area contributed by atoms with Crippen LogP contribution >= 0.6 is 28.1 Å². The van der Waals surface area contributed by atoms with Gasteiger partial charge in [-0.25, -0.2) is 0 Å². The van der Waals surface area contributed by atoms with Gasteiger partial charge in [0, 0.05) is 6.08 Å². The Labute approximate surface area is 184 Å². The first kappa shape index (κ1) is 20.0. The first-order valence-electron chi connectivity index (χ1n) is 8.72. The Morgan fingerprint density at radius 3 is 2.80 bits per heavy atom. The highest BCUT2D eigenvalue weighted by molar-refractivity contribution is 9.10. The summed E-state index contributed by atoms with van der Waals surface area (Å²) in [6.07, 6.45) is 3.07. The Morgan fingerprint density at radius 1 is 1.33 bits per heavy atom. The minimum Gasteiger partial charge on any atom is -0.460 e. The zero-order valence-corrected chi connectivity index (χ0v) is 17.9. The number of aryl methyl sites for hydroxylation is 1. The normalized spacial score (nSPS) is 15.1. The van der Waals surface area contributed by atoms with Crippen molar-refractivity contribution in [3.8, 4) is 0 Å². The zero-order chi connectivity index (χ0) is 21.4. The molecular weight excluding hydrogens is 474 g/mol. The number of hydrogen-bond acceptors (Lipinski definition) is 6. The topological polar surface area (TPSA) is 106 Å². The van der Waals surface area contributed by atoms with Gasteiger partial charge in [0.05, 0.1) is 17.0 Å². The molecule has 152 valence electrons. The Hall–Kier alpha value is -3.31. The van der Waals surface area contributed by atoms with Crippen LogP contribution in [0.5, 0.6) is 0 Å². The molecule has 0 atom stereocenters. The van der Waals surface area contributed by atoms with Crippen molar-refractivity contribution < 1.29 is 14.1 Å². The smallest absolute Gasteiger partial charge is 0.404 e. The van der Waals surface area contributed by atoms with Gasteiger partial charge in [-0.2, -0.15) is 4.68 Å². The quantitative estimate of drug-likeness (QED) is 0.252. The molecule has 30 heavy (non-hydrogen) atoms. The lowest BCUT2D eigenvalue weighted by molar-refractivity contribution is -0.390. The molecule has 0 radical (unpaired) electrons. The van der Waals surface area contributed by atoms with Crippen molar-refractivity contribution in [1.29, 1.82) is 0 Å². The molecule has 0 aliphatic carbocycles. The second-order valence-corrected chi connectivity index (χ2v) is 7.72. The van der Waals surface area contributed by atoms with E-state index in [1.165, 1.54) is 15.8 Å². The van der Waals surface area contributed by atoms with E-state index in [0.29, 0.717) is 22.3 Å². The fourth-order valence-electron chi connectivity index (χ4n) is 3.02. The summed E-state index contributed by atoms with van der Waals surface area (Å²) in [5, 5.41) is 18.0. The Morgan fingerprint density at radius 2 is 2.10 bits per heavy atom. The van der Waals surface area contributed by atoms with Crippen molar-refractivity contribution in [2.45, 2.75) is 13.5 Å². The van der Waals surface area contributed by atoms with Crippen LogP contribution in [0.15, 0.2) is 57.2 Å². The van der Waals surface area contributed by atoms with E-state index in [0.717, 1.165) is 11.3 Å². The molecule has 1 aliphatic heterocycles. The van der Waals surface area contributed by atoms with Gasteiger partial charge in [-0.3, -0.25) is 9.69 Å². The lowest BCUT2D eigenvalue weighted by Crippen LogP contribution is -2.30. The Kier molecular flexibility index (Phi) is 5.22. The van der Waals surface area contributed by atoms with Crippen molar-refractivity contribution in [2.75, 3.05) is 4.90 Å². The summed E-state index contributed by atoms with van der Waals surface area (Å²) in [6, 6.07) is 10.9. The molecule has 0 unspecified atom stereocenters. The molecule has 1 N–H and O–H groups in total. The number of furan rings is 1. The van der Waals surface area contributed by atoms with Gasteiger partial charge in [-0.15, -0.1) is 0 Å². The minimum atomic E-state index is -0.570. The van der Waals surface area contributed by atoms with Gasteiger partial charge in [0.15, 0.2) is 5.11 Å². The number of benzene rings is 1. The summed E-state index contributed by atoms with van der Waals surface area (Å²) in [6.45, 7) is 2.11. The van der Waals surface area contributed by atoms with Crippen LogP contribution in [0.3, 0.4) is 0 Å². The zero-order valence-electron chi connectivity index (χ0n) is 15.5. The molecule has 1 aromatic carbocycles. The standard InChI is InChI=1S/C19H14BrN5O4S/c1-11-4-2-3-5-16(11)24-18(26)15(21-19(24)30)8-12-6-7-13(29-12)9-23-10-14(20)17(22-23)25(27)28/h2-8,10H,9H2,1H3,(H,21,30)/b15-8+. The van der Waals surface area contributed by atoms with Crippen molar-refractivity contribution in [2.24, 2.45) is 0 Å². The van der Waals surface area contributed by atoms with E-state index in [1.54, 1.807) is 18.2 Å². The van der Waals surface area contributed by atoms with E-state index >= 15 is 0 Å². The third kappa shape index (κ3) is 3.76. The second kappa shape index (κ2) is 7.84. The lowest BCUT2D eigenvalue weighted by atomic mass is 10.2. The number of nitrogens with one attached hydrogen (secondary N) is 1. The summed E-state index contributed by atoms with van der Waals surface area (Å²) >= 11 is 8.44. The van der Waals surface area contributed by atoms with E-state index in [-0.39, 0.29) is 22.7 Å². The summed E-state index contributed by atoms with van der Waals surface area (Å²) in [5.41, 5.74) is 1.94. The number of nitrogens with zero attached hydrogens (tertiary/aromatic N) is 4. The molecule has 0 bridgehead atoms. The predicted octanol–water partition coefficient (Wildman–Crippen LogP) is 3.77. The van der Waals surface area contributed by atoms with Gasteiger partial charge in [-0.1, -0.05) is 18.2 Å². The maximum Gasteiger partial charge on any atom is 0.404 e. The molecule has 11 heteroatoms. The average Bonchev–Trinajstić information content (AvgIpc) is 3.35. The molecule has 1 fully saturated rings. The highest BCUT2D eigenvalue weighted by Crippen LogP contribution is 2.26. The van der Waals surface area contributed by atoms with Crippen LogP contribution in [0.4, 0.5) is 11.5 Å². The number of aromatic nitrogens is 2. The number of thiocarbonyl (C=S) groups is 1. The van der Waals surface area contributed by atoms with Crippen LogP contribution in [0.25, 0.3) is 6.08 Å². The third-order valence-corrected chi connectivity index (χ3v) is 5.24. The first-order chi connectivity index (χ1) is 14.3. The van der Waals surface area contributed by atoms with Crippen LogP contribution in [-0.2, 0) is 11.3 Å². The van der Waals surface area contributed by atoms with E-state index in [2.05, 4.69) is 26.3 Å². The van der Waals surface area contributed by atoms with Crippen molar-refractivity contribution in [3.05, 3.63) is 80.0 Å². The van der Waals surface area contributed by atoms with Crippen molar-refractivity contribution in [3.63, 3.8) is 0 Å². The number of rotatable bonds is 5. The molecular formula is C19H14BrN5O4S. The Balaban J connectivity index is 1.54. The van der Waals surface area contributed by atoms with E-state index in [1.807, 2.05) is 31.2 Å². The molecule has 0 saturated carbocycles. The van der Waals surface area contributed by atoms with Crippen LogP contribution < -0.4 is 10.2 Å². The van der Waals surface area contributed by atoms with Crippen LogP contribution in [-0.4, -0.2) is 25.7 Å². The first-order valence-corrected chi connectivity index (χ1v) is 9.92. The average molecular weight is 488 g/mol. The fraction of sp³-hybridized carbons (Fsp3) is 0.105. The summed E-state index contributed by atoms with van der Waals surface area (Å²) in [4.78, 5) is 24.6. The summed E-state index contributed by atoms with van der Waals surface area (Å²) < 4.78 is 7.41. The monoisotopic (exact) mass is 487 g/mol. The van der Waals surface area contributed by atoms with Gasteiger partial charge in [-0.05, 0) is 63.8 Å². The molecule has 0 spiro atoms. The second-order valence-electron chi connectivity index (χ2n) is 6.47. The number of para-hydroxylation sites is 1. The van der Waals surface area contributed by atoms with Gasteiger partial charge in [0.2, 0.25) is 0 Å². The number of halogens is 1. The minimum absolute atomic E-state index is 0.199. The molecule has 3 aromatic rings. The highest BCUT2D eigenvalue weighted by Gasteiger charge is 2.33. The molecule has 9 nitrogen and oxygen atoms in total. The molecule has 1 saturated heterocycles. The van der Waals surface area contributed by atoms with E-state index in [9.17, 15) is 14.9 Å². The van der Waals surface area contributed by atoms with Crippen molar-refractivity contribution >= 4 is 56.7 Å². The molecule has 1 amide bonds. The van der Waals surface area contributed by atoms with Gasteiger partial charge >= 0.3 is 5.82 Å². The number of anilines is 1. The van der Waals surface area contributed by atoms with Crippen LogP contribution in [0.1, 0.15) is 17.1 Å². The number of nitro groups is 1. The molecule has 2 aromatic heterocycles. The fourth-order valence-corrected chi connectivity index (χ4v) is 3.77. The molecule has 3 heterocycles. The highest BCUT2D eigenvalue weighted by atomic mass is 79.9. The van der Waals surface area contributed by atoms with E-state index in [4.69, 9.17) is 16.6 Å². The maximum absolute atomic E-state index is 12.9. The Bertz CT molecular complexity index is 1220. The SMILES string of the molecule is Cc1ccccc1N1C(=O)/C(=C\c2ccc(Cn3cc(Br)c([N+](=O)[O-])n3)o2)NC1=S. The lowest BCUT2D eigenvalue weighted by Gasteiger charge is -2.16. The van der Waals surface area contributed by atoms with Crippen molar-refractivity contribution in [1.82, 2.24) is 15.1 Å². The van der Waals surface area contributed by atoms with Crippen LogP contribution in [0, 0.1) is 17.0 Å². The van der Waals surface area contributed by atoms with Gasteiger partial charge in [0.25, 0.3) is 5.91 Å². The molecule has 4 rings (SSSR count). The maximum atomic E-state index is 12.9. The predicted molar refractivity (Wildman–Crippen MR) is 117 cm³/mol. The number of carbonyl (C=O) groups is 1. The third-order valence-electron chi connectivity index (χ3n) is 4.39. The van der Waals surface area contributed by atoms with Gasteiger partial charge in [0.1, 0.15) is 28.2 Å². The van der Waals surface area contributed by atoms with E-state index < -0.39 is 4.92 Å². The number of carbonyl (C=O) groups excluding carboxylic acids is 1. The van der Waals surface area contributed by atoms with Gasteiger partial charge < -0.3 is 19.8 Å². The summed E-state index contributed by atoms with van der Waals surface area (Å²) in [7, 11) is 0.